The Morgan fingerprint density at radius 2 is 1.46 bits per heavy atom. The maximum atomic E-state index is 13.7. The van der Waals surface area contributed by atoms with E-state index in [9.17, 15) is 18.0 Å². The van der Waals surface area contributed by atoms with E-state index >= 15 is 0 Å². The Kier molecular flexibility index (Phi) is 6.73. The molecule has 0 bridgehead atoms. The quantitative estimate of drug-likeness (QED) is 0.335. The zero-order valence-corrected chi connectivity index (χ0v) is 22.5. The van der Waals surface area contributed by atoms with Gasteiger partial charge in [0.2, 0.25) is 5.91 Å². The Bertz CT molecular complexity index is 1640. The molecule has 0 radical (unpaired) electrons. The average molecular weight is 542 g/mol. The van der Waals surface area contributed by atoms with Crippen LogP contribution >= 0.6 is 0 Å². The zero-order chi connectivity index (χ0) is 27.0. The summed E-state index contributed by atoms with van der Waals surface area (Å²) in [6, 6.07) is 22.7. The summed E-state index contributed by atoms with van der Waals surface area (Å²) in [6.07, 6.45) is 6.19. The molecular weight excluding hydrogens is 510 g/mol. The van der Waals surface area contributed by atoms with Crippen LogP contribution in [-0.2, 0) is 14.8 Å². The number of nitrogens with zero attached hydrogens (tertiary/aromatic N) is 3. The fourth-order valence-electron chi connectivity index (χ4n) is 5.93. The highest BCUT2D eigenvalue weighted by Gasteiger charge is 2.39. The first-order valence-corrected chi connectivity index (χ1v) is 15.0. The third-order valence-corrected chi connectivity index (χ3v) is 9.57. The molecule has 2 aliphatic rings. The van der Waals surface area contributed by atoms with Crippen LogP contribution in [0.2, 0.25) is 0 Å². The predicted octanol–water partition coefficient (Wildman–Crippen LogP) is 5.22. The summed E-state index contributed by atoms with van der Waals surface area (Å²) in [6.45, 7) is 1.79. The fraction of sp³-hybridized carbons (Fsp3) is 0.290. The molecule has 1 atom stereocenters. The van der Waals surface area contributed by atoms with Gasteiger partial charge in [-0.3, -0.25) is 9.59 Å². The van der Waals surface area contributed by atoms with E-state index in [1.54, 1.807) is 53.6 Å². The van der Waals surface area contributed by atoms with E-state index in [4.69, 9.17) is 0 Å². The van der Waals surface area contributed by atoms with Crippen LogP contribution in [0.15, 0.2) is 90.0 Å². The van der Waals surface area contributed by atoms with Gasteiger partial charge in [0, 0.05) is 48.8 Å². The van der Waals surface area contributed by atoms with Crippen molar-refractivity contribution in [2.75, 3.05) is 19.6 Å². The first-order valence-electron chi connectivity index (χ1n) is 13.5. The number of hydrogen-bond donors (Lipinski definition) is 0. The SMILES string of the molecule is O=C(CCN1C(=O)c2ccccc2[C@H]1c1cn(S(=O)(=O)c2ccccc2)c2ccccc12)N1CCCCCC1. The maximum Gasteiger partial charge on any atom is 0.268 e. The summed E-state index contributed by atoms with van der Waals surface area (Å²) in [7, 11) is -3.87. The minimum atomic E-state index is -3.87. The predicted molar refractivity (Wildman–Crippen MR) is 150 cm³/mol. The van der Waals surface area contributed by atoms with Crippen LogP contribution in [0.5, 0.6) is 0 Å². The molecule has 3 aromatic carbocycles. The van der Waals surface area contributed by atoms with Gasteiger partial charge in [0.1, 0.15) is 0 Å². The lowest BCUT2D eigenvalue weighted by atomic mass is 9.97. The van der Waals surface area contributed by atoms with Gasteiger partial charge in [0.25, 0.3) is 15.9 Å². The molecule has 1 saturated heterocycles. The molecule has 39 heavy (non-hydrogen) atoms. The highest BCUT2D eigenvalue weighted by molar-refractivity contribution is 7.90. The van der Waals surface area contributed by atoms with Gasteiger partial charge < -0.3 is 9.80 Å². The van der Waals surface area contributed by atoms with Gasteiger partial charge in [0.05, 0.1) is 16.5 Å². The normalized spacial score (nSPS) is 17.8. The third-order valence-electron chi connectivity index (χ3n) is 7.89. The van der Waals surface area contributed by atoms with Gasteiger partial charge >= 0.3 is 0 Å². The second-order valence-corrected chi connectivity index (χ2v) is 12.1. The van der Waals surface area contributed by atoms with E-state index in [-0.39, 0.29) is 29.7 Å². The number of para-hydroxylation sites is 1. The molecule has 4 aromatic rings. The monoisotopic (exact) mass is 541 g/mol. The van der Waals surface area contributed by atoms with Crippen molar-refractivity contribution in [2.24, 2.45) is 0 Å². The molecule has 0 unspecified atom stereocenters. The number of carbonyl (C=O) groups is 2. The van der Waals surface area contributed by atoms with Crippen molar-refractivity contribution in [2.45, 2.75) is 43.0 Å². The largest absolute Gasteiger partial charge is 0.343 e. The Labute approximate surface area is 228 Å². The van der Waals surface area contributed by atoms with Crippen LogP contribution in [0.3, 0.4) is 0 Å². The number of fused-ring (bicyclic) bond motifs is 2. The van der Waals surface area contributed by atoms with Crippen molar-refractivity contribution in [1.82, 2.24) is 13.8 Å². The zero-order valence-electron chi connectivity index (χ0n) is 21.7. The molecule has 7 nitrogen and oxygen atoms in total. The Morgan fingerprint density at radius 1 is 0.795 bits per heavy atom. The Morgan fingerprint density at radius 3 is 2.23 bits per heavy atom. The van der Waals surface area contributed by atoms with Crippen LogP contribution in [0, 0.1) is 0 Å². The van der Waals surface area contributed by atoms with Crippen LogP contribution in [0.1, 0.15) is 59.6 Å². The maximum absolute atomic E-state index is 13.7. The minimum Gasteiger partial charge on any atom is -0.343 e. The summed E-state index contributed by atoms with van der Waals surface area (Å²) in [4.78, 5) is 30.7. The highest BCUT2D eigenvalue weighted by Crippen LogP contribution is 2.42. The summed E-state index contributed by atoms with van der Waals surface area (Å²) in [5, 5.41) is 0.760. The second-order valence-electron chi connectivity index (χ2n) is 10.2. The van der Waals surface area contributed by atoms with E-state index in [1.165, 1.54) is 3.97 Å². The third kappa shape index (κ3) is 4.52. The van der Waals surface area contributed by atoms with E-state index in [0.717, 1.165) is 55.3 Å². The van der Waals surface area contributed by atoms with Crippen LogP contribution < -0.4 is 0 Å². The number of hydrogen-bond acceptors (Lipinski definition) is 4. The van der Waals surface area contributed by atoms with Gasteiger partial charge in [-0.2, -0.15) is 0 Å². The summed E-state index contributed by atoms with van der Waals surface area (Å²) < 4.78 is 28.8. The summed E-state index contributed by atoms with van der Waals surface area (Å²) in [5.41, 5.74) is 2.69. The smallest absolute Gasteiger partial charge is 0.268 e. The molecule has 6 rings (SSSR count). The molecular formula is C31H31N3O4S. The van der Waals surface area contributed by atoms with Crippen LogP contribution in [0.25, 0.3) is 10.9 Å². The molecule has 1 aromatic heterocycles. The van der Waals surface area contributed by atoms with Gasteiger partial charge in [-0.15, -0.1) is 0 Å². The van der Waals surface area contributed by atoms with Gasteiger partial charge in [-0.1, -0.05) is 67.4 Å². The lowest BCUT2D eigenvalue weighted by Gasteiger charge is -2.27. The molecule has 0 saturated carbocycles. The summed E-state index contributed by atoms with van der Waals surface area (Å²) in [5.74, 6) is -0.0736. The van der Waals surface area contributed by atoms with Crippen molar-refractivity contribution < 1.29 is 18.0 Å². The second kappa shape index (κ2) is 10.3. The van der Waals surface area contributed by atoms with Crippen molar-refractivity contribution in [3.8, 4) is 0 Å². The molecule has 2 amide bonds. The number of amides is 2. The van der Waals surface area contributed by atoms with Crippen molar-refractivity contribution in [3.05, 3.63) is 102 Å². The first-order chi connectivity index (χ1) is 19.0. The van der Waals surface area contributed by atoms with Crippen LogP contribution in [-0.4, -0.2) is 53.6 Å². The molecule has 1 fully saturated rings. The molecule has 2 aliphatic heterocycles. The molecule has 0 aliphatic carbocycles. The average Bonchev–Trinajstić information content (AvgIpc) is 3.32. The van der Waals surface area contributed by atoms with Gasteiger partial charge in [-0.05, 0) is 42.7 Å². The number of likely N-dealkylation sites (tertiary alicyclic amines) is 1. The minimum absolute atomic E-state index is 0.0634. The van der Waals surface area contributed by atoms with E-state index in [2.05, 4.69) is 0 Å². The van der Waals surface area contributed by atoms with Crippen molar-refractivity contribution in [3.63, 3.8) is 0 Å². The van der Waals surface area contributed by atoms with E-state index in [1.807, 2.05) is 41.3 Å². The summed E-state index contributed by atoms with van der Waals surface area (Å²) >= 11 is 0. The lowest BCUT2D eigenvalue weighted by molar-refractivity contribution is -0.131. The van der Waals surface area contributed by atoms with Crippen molar-refractivity contribution in [1.29, 1.82) is 0 Å². The topological polar surface area (TPSA) is 79.7 Å². The van der Waals surface area contributed by atoms with E-state index in [0.29, 0.717) is 11.1 Å². The number of rotatable bonds is 6. The first kappa shape index (κ1) is 25.4. The lowest BCUT2D eigenvalue weighted by Crippen LogP contribution is -2.36. The number of carbonyl (C=O) groups excluding carboxylic acids is 2. The highest BCUT2D eigenvalue weighted by atomic mass is 32.2. The standard InChI is InChI=1S/C31H31N3O4S/c35-29(32-19-10-1-2-11-20-32)18-21-33-30(25-15-6-7-16-26(25)31(33)36)27-22-34(28-17-9-8-14-24(27)28)39(37,38)23-12-4-3-5-13-23/h3-9,12-17,22,30H,1-2,10-11,18-21H2/t30-/m0/s1. The molecule has 0 spiro atoms. The van der Waals surface area contributed by atoms with Crippen LogP contribution in [0.4, 0.5) is 0 Å². The molecule has 200 valence electrons. The number of benzene rings is 3. The van der Waals surface area contributed by atoms with Gasteiger partial charge in [-0.25, -0.2) is 12.4 Å². The Hall–Kier alpha value is -3.91. The number of aromatic nitrogens is 1. The molecule has 8 heteroatoms. The molecule has 3 heterocycles. The Balaban J connectivity index is 1.41. The van der Waals surface area contributed by atoms with E-state index < -0.39 is 16.1 Å². The van der Waals surface area contributed by atoms with Gasteiger partial charge in [0.15, 0.2) is 0 Å². The molecule has 0 N–H and O–H groups in total. The van der Waals surface area contributed by atoms with Crippen molar-refractivity contribution >= 4 is 32.7 Å². The fourth-order valence-corrected chi connectivity index (χ4v) is 7.33.